The van der Waals surface area contributed by atoms with Crippen LogP contribution in [0.5, 0.6) is 0 Å². The van der Waals surface area contributed by atoms with Gasteiger partial charge in [-0.15, -0.1) is 0 Å². The highest BCUT2D eigenvalue weighted by Gasteiger charge is 2.14. The van der Waals surface area contributed by atoms with Crippen LogP contribution < -0.4 is 15.5 Å². The van der Waals surface area contributed by atoms with Gasteiger partial charge in [0.05, 0.1) is 6.61 Å². The summed E-state index contributed by atoms with van der Waals surface area (Å²) in [5.74, 6) is -0.685. The summed E-state index contributed by atoms with van der Waals surface area (Å²) in [6, 6.07) is 12.6. The monoisotopic (exact) mass is 382 g/mol. The number of ether oxygens (including phenoxy) is 1. The molecule has 2 aromatic rings. The molecule has 0 atom stereocenters. The molecule has 0 radical (unpaired) electrons. The van der Waals surface area contributed by atoms with Crippen molar-refractivity contribution < 1.29 is 14.3 Å². The molecule has 1 fully saturated rings. The van der Waals surface area contributed by atoms with Crippen LogP contribution in [0.4, 0.5) is 11.4 Å². The number of nitrogens with zero attached hydrogens (tertiary/aromatic N) is 2. The standard InChI is InChI=1S/C21H26N4O3/c1-28-15-12-22-20(26)18-6-5-7-19(24-18)21(27)23-16-8-10-17(11-9-16)25-13-3-2-4-14-25/h5-11H,2-4,12-15H2,1H3,(H,22,26)(H,23,27). The Morgan fingerprint density at radius 2 is 1.68 bits per heavy atom. The lowest BCUT2D eigenvalue weighted by Crippen LogP contribution is -2.29. The van der Waals surface area contributed by atoms with Gasteiger partial charge in [0, 0.05) is 38.1 Å². The van der Waals surface area contributed by atoms with E-state index in [1.807, 2.05) is 24.3 Å². The smallest absolute Gasteiger partial charge is 0.274 e. The number of carbonyl (C=O) groups is 2. The molecule has 0 spiro atoms. The Labute approximate surface area is 165 Å². The quantitative estimate of drug-likeness (QED) is 0.720. The van der Waals surface area contributed by atoms with Crippen molar-refractivity contribution in [1.29, 1.82) is 0 Å². The summed E-state index contributed by atoms with van der Waals surface area (Å²) >= 11 is 0. The molecule has 28 heavy (non-hydrogen) atoms. The third-order valence-corrected chi connectivity index (χ3v) is 4.65. The van der Waals surface area contributed by atoms with E-state index in [4.69, 9.17) is 4.74 Å². The fourth-order valence-corrected chi connectivity index (χ4v) is 3.15. The van der Waals surface area contributed by atoms with Crippen molar-refractivity contribution in [3.8, 4) is 0 Å². The van der Waals surface area contributed by atoms with Gasteiger partial charge < -0.3 is 20.3 Å². The van der Waals surface area contributed by atoms with E-state index >= 15 is 0 Å². The number of hydrogen-bond acceptors (Lipinski definition) is 5. The molecule has 0 aliphatic carbocycles. The number of benzene rings is 1. The van der Waals surface area contributed by atoms with Crippen molar-refractivity contribution in [1.82, 2.24) is 10.3 Å². The average Bonchev–Trinajstić information content (AvgIpc) is 2.75. The predicted octanol–water partition coefficient (Wildman–Crippen LogP) is 2.70. The molecule has 1 aromatic heterocycles. The van der Waals surface area contributed by atoms with E-state index in [1.165, 1.54) is 24.9 Å². The van der Waals surface area contributed by atoms with Crippen LogP contribution in [-0.2, 0) is 4.74 Å². The van der Waals surface area contributed by atoms with Gasteiger partial charge in [0.1, 0.15) is 11.4 Å². The van der Waals surface area contributed by atoms with Crippen molar-refractivity contribution in [2.75, 3.05) is 43.6 Å². The molecular formula is C21H26N4O3. The zero-order chi connectivity index (χ0) is 19.8. The van der Waals surface area contributed by atoms with E-state index in [9.17, 15) is 9.59 Å². The lowest BCUT2D eigenvalue weighted by atomic mass is 10.1. The molecule has 148 valence electrons. The molecule has 7 nitrogen and oxygen atoms in total. The summed E-state index contributed by atoms with van der Waals surface area (Å²) in [4.78, 5) is 31.1. The summed E-state index contributed by atoms with van der Waals surface area (Å²) < 4.78 is 4.90. The summed E-state index contributed by atoms with van der Waals surface area (Å²) in [5.41, 5.74) is 2.26. The zero-order valence-corrected chi connectivity index (χ0v) is 16.1. The Hall–Kier alpha value is -2.93. The van der Waals surface area contributed by atoms with Crippen molar-refractivity contribution in [3.63, 3.8) is 0 Å². The Kier molecular flexibility index (Phi) is 6.97. The molecule has 1 aliphatic heterocycles. The molecule has 1 aliphatic rings. The maximum Gasteiger partial charge on any atom is 0.274 e. The lowest BCUT2D eigenvalue weighted by molar-refractivity contribution is 0.0932. The van der Waals surface area contributed by atoms with Crippen LogP contribution in [-0.4, -0.2) is 50.1 Å². The van der Waals surface area contributed by atoms with E-state index in [1.54, 1.807) is 25.3 Å². The molecule has 1 aromatic carbocycles. The Balaban J connectivity index is 1.61. The maximum absolute atomic E-state index is 12.5. The van der Waals surface area contributed by atoms with Gasteiger partial charge in [-0.05, 0) is 55.7 Å². The minimum Gasteiger partial charge on any atom is -0.383 e. The van der Waals surface area contributed by atoms with E-state index < -0.39 is 0 Å². The van der Waals surface area contributed by atoms with Gasteiger partial charge >= 0.3 is 0 Å². The molecule has 0 saturated carbocycles. The van der Waals surface area contributed by atoms with Gasteiger partial charge in [-0.25, -0.2) is 4.98 Å². The molecular weight excluding hydrogens is 356 g/mol. The average molecular weight is 382 g/mol. The number of methoxy groups -OCH3 is 1. The Morgan fingerprint density at radius 3 is 2.36 bits per heavy atom. The molecule has 3 rings (SSSR count). The van der Waals surface area contributed by atoms with Crippen LogP contribution >= 0.6 is 0 Å². The maximum atomic E-state index is 12.5. The minimum atomic E-state index is -0.350. The third kappa shape index (κ3) is 5.29. The summed E-state index contributed by atoms with van der Waals surface area (Å²) in [6.07, 6.45) is 3.74. The number of anilines is 2. The molecule has 2 heterocycles. The van der Waals surface area contributed by atoms with Gasteiger partial charge in [-0.2, -0.15) is 0 Å². The van der Waals surface area contributed by atoms with E-state index in [0.29, 0.717) is 18.8 Å². The van der Waals surface area contributed by atoms with Gasteiger partial charge in [-0.3, -0.25) is 9.59 Å². The molecule has 2 N–H and O–H groups in total. The second-order valence-corrected chi connectivity index (χ2v) is 6.71. The number of rotatable bonds is 7. The summed E-state index contributed by atoms with van der Waals surface area (Å²) in [7, 11) is 1.56. The van der Waals surface area contributed by atoms with Crippen LogP contribution in [0, 0.1) is 0 Å². The first kappa shape index (κ1) is 19.8. The Morgan fingerprint density at radius 1 is 1.00 bits per heavy atom. The SMILES string of the molecule is COCCNC(=O)c1cccc(C(=O)Nc2ccc(N3CCCCC3)cc2)n1. The predicted molar refractivity (Wildman–Crippen MR) is 109 cm³/mol. The van der Waals surface area contributed by atoms with Crippen LogP contribution in [0.1, 0.15) is 40.2 Å². The lowest BCUT2D eigenvalue weighted by Gasteiger charge is -2.28. The third-order valence-electron chi connectivity index (χ3n) is 4.65. The van der Waals surface area contributed by atoms with Crippen LogP contribution in [0.2, 0.25) is 0 Å². The number of piperidine rings is 1. The molecule has 2 amide bonds. The van der Waals surface area contributed by atoms with Crippen molar-refractivity contribution in [3.05, 3.63) is 53.9 Å². The number of nitrogens with one attached hydrogen (secondary N) is 2. The zero-order valence-electron chi connectivity index (χ0n) is 16.1. The number of aromatic nitrogens is 1. The number of amides is 2. The van der Waals surface area contributed by atoms with Crippen LogP contribution in [0.25, 0.3) is 0 Å². The van der Waals surface area contributed by atoms with Gasteiger partial charge in [0.2, 0.25) is 0 Å². The van der Waals surface area contributed by atoms with Gasteiger partial charge in [0.25, 0.3) is 11.8 Å². The van der Waals surface area contributed by atoms with Gasteiger partial charge in [0.15, 0.2) is 0 Å². The molecule has 7 heteroatoms. The topological polar surface area (TPSA) is 83.6 Å². The second kappa shape index (κ2) is 9.85. The first-order chi connectivity index (χ1) is 13.7. The van der Waals surface area contributed by atoms with E-state index in [2.05, 4.69) is 20.5 Å². The Bertz CT molecular complexity index is 802. The summed E-state index contributed by atoms with van der Waals surface area (Å²) in [5, 5.41) is 5.53. The normalized spacial score (nSPS) is 13.8. The van der Waals surface area contributed by atoms with Crippen LogP contribution in [0.15, 0.2) is 42.5 Å². The van der Waals surface area contributed by atoms with Crippen LogP contribution in [0.3, 0.4) is 0 Å². The molecule has 0 unspecified atom stereocenters. The highest BCUT2D eigenvalue weighted by molar-refractivity contribution is 6.03. The van der Waals surface area contributed by atoms with Gasteiger partial charge in [-0.1, -0.05) is 6.07 Å². The number of carbonyl (C=O) groups excluding carboxylic acids is 2. The largest absolute Gasteiger partial charge is 0.383 e. The fraction of sp³-hybridized carbons (Fsp3) is 0.381. The van der Waals surface area contributed by atoms with Crippen molar-refractivity contribution in [2.45, 2.75) is 19.3 Å². The highest BCUT2D eigenvalue weighted by atomic mass is 16.5. The number of hydrogen-bond donors (Lipinski definition) is 2. The van der Waals surface area contributed by atoms with E-state index in [-0.39, 0.29) is 23.2 Å². The van der Waals surface area contributed by atoms with Crippen molar-refractivity contribution >= 4 is 23.2 Å². The minimum absolute atomic E-state index is 0.194. The first-order valence-corrected chi connectivity index (χ1v) is 9.58. The molecule has 1 saturated heterocycles. The number of pyridine rings is 1. The highest BCUT2D eigenvalue weighted by Crippen LogP contribution is 2.22. The van der Waals surface area contributed by atoms with E-state index in [0.717, 1.165) is 13.1 Å². The fourth-order valence-electron chi connectivity index (χ4n) is 3.15. The molecule has 0 bridgehead atoms. The van der Waals surface area contributed by atoms with Crippen molar-refractivity contribution in [2.24, 2.45) is 0 Å². The summed E-state index contributed by atoms with van der Waals surface area (Å²) in [6.45, 7) is 2.96. The first-order valence-electron chi connectivity index (χ1n) is 9.58. The second-order valence-electron chi connectivity index (χ2n) is 6.71.